The first kappa shape index (κ1) is 21.1. The lowest BCUT2D eigenvalue weighted by atomic mass is 9.88. The number of benzene rings is 2. The predicted molar refractivity (Wildman–Crippen MR) is 125 cm³/mol. The Morgan fingerprint density at radius 3 is 2.39 bits per heavy atom. The van der Waals surface area contributed by atoms with E-state index in [0.29, 0.717) is 24.0 Å². The van der Waals surface area contributed by atoms with Gasteiger partial charge in [-0.1, -0.05) is 26.0 Å². The summed E-state index contributed by atoms with van der Waals surface area (Å²) in [5, 5.41) is 11.2. The summed E-state index contributed by atoms with van der Waals surface area (Å²) in [4.78, 5) is 11.9. The van der Waals surface area contributed by atoms with Gasteiger partial charge in [0.25, 0.3) is 0 Å². The minimum absolute atomic E-state index is 0.162. The molecule has 0 saturated heterocycles. The molecule has 0 unspecified atom stereocenters. The molecule has 0 spiro atoms. The van der Waals surface area contributed by atoms with Crippen LogP contribution in [0.2, 0.25) is 0 Å². The number of anilines is 3. The van der Waals surface area contributed by atoms with Crippen LogP contribution in [-0.4, -0.2) is 33.8 Å². The molecule has 0 atom stereocenters. The van der Waals surface area contributed by atoms with Crippen molar-refractivity contribution in [3.8, 4) is 11.5 Å². The summed E-state index contributed by atoms with van der Waals surface area (Å²) >= 11 is 0. The molecule has 1 aliphatic rings. The van der Waals surface area contributed by atoms with Crippen molar-refractivity contribution in [1.82, 2.24) is 20.2 Å². The van der Waals surface area contributed by atoms with Crippen molar-refractivity contribution in [3.05, 3.63) is 77.2 Å². The van der Waals surface area contributed by atoms with E-state index in [0.717, 1.165) is 40.6 Å². The van der Waals surface area contributed by atoms with E-state index in [9.17, 15) is 4.39 Å². The number of rotatable bonds is 5. The van der Waals surface area contributed by atoms with Gasteiger partial charge in [0.05, 0.1) is 0 Å². The Bertz CT molecular complexity index is 1300. The summed E-state index contributed by atoms with van der Waals surface area (Å²) in [6.07, 6.45) is 0.572. The Morgan fingerprint density at radius 1 is 1.03 bits per heavy atom. The standard InChI is InChI=1S/C25H25FN6O/c1-15-30-31-24(33-15)17-7-5-16(6-8-17)13-20-28-22(27-4)21-23(29-20)32(14-25(21,2)3)19-11-9-18(26)10-12-19/h5-12H,13-14H2,1-4H3,(H,27,28,29). The van der Waals surface area contributed by atoms with Gasteiger partial charge in [-0.05, 0) is 42.0 Å². The molecule has 0 radical (unpaired) electrons. The smallest absolute Gasteiger partial charge is 0.247 e. The van der Waals surface area contributed by atoms with Crippen LogP contribution in [0.1, 0.15) is 36.7 Å². The highest BCUT2D eigenvalue weighted by molar-refractivity contribution is 5.74. The van der Waals surface area contributed by atoms with Gasteiger partial charge >= 0.3 is 0 Å². The molecule has 0 bridgehead atoms. The van der Waals surface area contributed by atoms with Crippen LogP contribution in [0, 0.1) is 12.7 Å². The first-order valence-corrected chi connectivity index (χ1v) is 10.9. The van der Waals surface area contributed by atoms with Gasteiger partial charge in [-0.15, -0.1) is 10.2 Å². The van der Waals surface area contributed by atoms with Crippen LogP contribution in [0.3, 0.4) is 0 Å². The lowest BCUT2D eigenvalue weighted by Crippen LogP contribution is -2.25. The quantitative estimate of drug-likeness (QED) is 0.462. The van der Waals surface area contributed by atoms with Gasteiger partial charge in [-0.2, -0.15) is 0 Å². The third kappa shape index (κ3) is 3.92. The van der Waals surface area contributed by atoms with E-state index in [1.807, 2.05) is 31.3 Å². The minimum Gasteiger partial charge on any atom is -0.421 e. The molecule has 2 aromatic carbocycles. The second-order valence-electron chi connectivity index (χ2n) is 8.88. The zero-order chi connectivity index (χ0) is 23.2. The van der Waals surface area contributed by atoms with Gasteiger partial charge in [0.2, 0.25) is 11.8 Å². The highest BCUT2D eigenvalue weighted by atomic mass is 19.1. The maximum absolute atomic E-state index is 13.5. The number of nitrogens with zero attached hydrogens (tertiary/aromatic N) is 5. The fourth-order valence-corrected chi connectivity index (χ4v) is 4.32. The molecule has 0 amide bonds. The van der Waals surface area contributed by atoms with Crippen molar-refractivity contribution < 1.29 is 8.81 Å². The number of hydrogen-bond acceptors (Lipinski definition) is 7. The number of aryl methyl sites for hydroxylation is 1. The van der Waals surface area contributed by atoms with Crippen molar-refractivity contribution in [2.45, 2.75) is 32.6 Å². The van der Waals surface area contributed by atoms with Crippen molar-refractivity contribution in [1.29, 1.82) is 0 Å². The molecular formula is C25H25FN6O. The van der Waals surface area contributed by atoms with E-state index < -0.39 is 0 Å². The average molecular weight is 445 g/mol. The van der Waals surface area contributed by atoms with E-state index in [-0.39, 0.29) is 11.2 Å². The molecule has 0 aliphatic carbocycles. The maximum atomic E-state index is 13.5. The molecule has 0 saturated carbocycles. The summed E-state index contributed by atoms with van der Waals surface area (Å²) in [5.41, 5.74) is 3.76. The second-order valence-corrected chi connectivity index (χ2v) is 8.88. The molecule has 168 valence electrons. The molecule has 0 fully saturated rings. The van der Waals surface area contributed by atoms with Gasteiger partial charge in [-0.3, -0.25) is 0 Å². The van der Waals surface area contributed by atoms with Gasteiger partial charge in [0, 0.05) is 49.2 Å². The molecule has 1 aliphatic heterocycles. The fourth-order valence-electron chi connectivity index (χ4n) is 4.32. The van der Waals surface area contributed by atoms with Crippen LogP contribution in [0.5, 0.6) is 0 Å². The summed E-state index contributed by atoms with van der Waals surface area (Å²) in [6, 6.07) is 14.5. The first-order chi connectivity index (χ1) is 15.8. The number of halogens is 1. The number of fused-ring (bicyclic) bond motifs is 1. The van der Waals surface area contributed by atoms with Crippen LogP contribution >= 0.6 is 0 Å². The van der Waals surface area contributed by atoms with Crippen LogP contribution in [0.4, 0.5) is 21.7 Å². The monoisotopic (exact) mass is 444 g/mol. The number of hydrogen-bond donors (Lipinski definition) is 1. The summed E-state index contributed by atoms with van der Waals surface area (Å²) < 4.78 is 19.0. The largest absolute Gasteiger partial charge is 0.421 e. The van der Waals surface area contributed by atoms with Crippen LogP contribution < -0.4 is 10.2 Å². The Hall–Kier alpha value is -3.81. The summed E-state index contributed by atoms with van der Waals surface area (Å²) in [5.74, 6) is 3.18. The topological polar surface area (TPSA) is 80.0 Å². The fraction of sp³-hybridized carbons (Fsp3) is 0.280. The zero-order valence-electron chi connectivity index (χ0n) is 19.1. The molecular weight excluding hydrogens is 419 g/mol. The highest BCUT2D eigenvalue weighted by Gasteiger charge is 2.40. The second kappa shape index (κ2) is 7.95. The normalized spacial score (nSPS) is 14.4. The van der Waals surface area contributed by atoms with E-state index in [2.05, 4.69) is 34.3 Å². The zero-order valence-corrected chi connectivity index (χ0v) is 19.1. The van der Waals surface area contributed by atoms with E-state index in [4.69, 9.17) is 14.4 Å². The molecule has 8 heteroatoms. The number of aromatic nitrogens is 4. The average Bonchev–Trinajstić information content (AvgIpc) is 3.35. The summed E-state index contributed by atoms with van der Waals surface area (Å²) in [7, 11) is 1.88. The SMILES string of the molecule is CNc1nc(Cc2ccc(-c3nnc(C)o3)cc2)nc2c1C(C)(C)CN2c1ccc(F)cc1. The molecule has 3 heterocycles. The minimum atomic E-state index is -0.254. The molecule has 7 nitrogen and oxygen atoms in total. The Balaban J connectivity index is 1.49. The van der Waals surface area contributed by atoms with Crippen molar-refractivity contribution >= 4 is 17.3 Å². The van der Waals surface area contributed by atoms with E-state index >= 15 is 0 Å². The maximum Gasteiger partial charge on any atom is 0.247 e. The highest BCUT2D eigenvalue weighted by Crippen LogP contribution is 2.46. The van der Waals surface area contributed by atoms with E-state index in [1.54, 1.807) is 19.1 Å². The van der Waals surface area contributed by atoms with Crippen molar-refractivity contribution in [2.24, 2.45) is 0 Å². The Labute approximate surface area is 191 Å². The van der Waals surface area contributed by atoms with Crippen LogP contribution in [-0.2, 0) is 11.8 Å². The molecule has 2 aromatic heterocycles. The van der Waals surface area contributed by atoms with Gasteiger partial charge in [0.1, 0.15) is 23.3 Å². The van der Waals surface area contributed by atoms with Gasteiger partial charge in [0.15, 0.2) is 0 Å². The number of nitrogens with one attached hydrogen (secondary N) is 1. The van der Waals surface area contributed by atoms with Gasteiger partial charge < -0.3 is 14.6 Å². The molecule has 33 heavy (non-hydrogen) atoms. The van der Waals surface area contributed by atoms with Gasteiger partial charge in [-0.25, -0.2) is 14.4 Å². The predicted octanol–water partition coefficient (Wildman–Crippen LogP) is 5.04. The third-order valence-corrected chi connectivity index (χ3v) is 5.89. The van der Waals surface area contributed by atoms with Crippen molar-refractivity contribution in [3.63, 3.8) is 0 Å². The van der Waals surface area contributed by atoms with Crippen molar-refractivity contribution in [2.75, 3.05) is 23.8 Å². The first-order valence-electron chi connectivity index (χ1n) is 10.9. The lowest BCUT2D eigenvalue weighted by Gasteiger charge is -2.21. The van der Waals surface area contributed by atoms with E-state index in [1.165, 1.54) is 12.1 Å². The molecule has 4 aromatic rings. The molecule has 5 rings (SSSR count). The third-order valence-electron chi connectivity index (χ3n) is 5.89. The Morgan fingerprint density at radius 2 is 1.76 bits per heavy atom. The van der Waals surface area contributed by atoms with Crippen LogP contribution in [0.15, 0.2) is 52.9 Å². The molecule has 1 N–H and O–H groups in total. The lowest BCUT2D eigenvalue weighted by molar-refractivity contribution is 0.533. The van der Waals surface area contributed by atoms with Crippen LogP contribution in [0.25, 0.3) is 11.5 Å². The Kier molecular flexibility index (Phi) is 5.08. The summed E-state index contributed by atoms with van der Waals surface area (Å²) in [6.45, 7) is 6.86.